The SMILES string of the molecule is CC[C@H](C)NC(=O)Nc1ccc(NC(=O)c2ccoc2)cc1C(F)(F)F. The summed E-state index contributed by atoms with van der Waals surface area (Å²) in [5.41, 5.74) is -1.36. The second-order valence-corrected chi connectivity index (χ2v) is 5.63. The third-order valence-electron chi connectivity index (χ3n) is 3.60. The van der Waals surface area contributed by atoms with Crippen LogP contribution in [-0.4, -0.2) is 18.0 Å². The van der Waals surface area contributed by atoms with Gasteiger partial charge in [-0.15, -0.1) is 0 Å². The minimum absolute atomic E-state index is 0.0589. The lowest BCUT2D eigenvalue weighted by atomic mass is 10.1. The number of benzene rings is 1. The van der Waals surface area contributed by atoms with E-state index in [-0.39, 0.29) is 17.3 Å². The number of hydrogen-bond donors (Lipinski definition) is 3. The van der Waals surface area contributed by atoms with Crippen LogP contribution in [0.1, 0.15) is 36.2 Å². The largest absolute Gasteiger partial charge is 0.472 e. The second kappa shape index (κ2) is 7.94. The van der Waals surface area contributed by atoms with Crippen molar-refractivity contribution >= 4 is 23.3 Å². The highest BCUT2D eigenvalue weighted by atomic mass is 19.4. The van der Waals surface area contributed by atoms with Gasteiger partial charge in [-0.1, -0.05) is 6.92 Å². The van der Waals surface area contributed by atoms with Crippen molar-refractivity contribution in [2.75, 3.05) is 10.6 Å². The summed E-state index contributed by atoms with van der Waals surface area (Å²) in [7, 11) is 0. The van der Waals surface area contributed by atoms with Crippen molar-refractivity contribution < 1.29 is 27.2 Å². The van der Waals surface area contributed by atoms with Gasteiger partial charge in [0.2, 0.25) is 0 Å². The Morgan fingerprint density at radius 2 is 1.92 bits per heavy atom. The van der Waals surface area contributed by atoms with Crippen LogP contribution in [0, 0.1) is 0 Å². The molecule has 0 aliphatic carbocycles. The summed E-state index contributed by atoms with van der Waals surface area (Å²) in [6.45, 7) is 3.57. The van der Waals surface area contributed by atoms with E-state index in [1.807, 2.05) is 6.92 Å². The van der Waals surface area contributed by atoms with E-state index in [2.05, 4.69) is 16.0 Å². The number of furan rings is 1. The summed E-state index contributed by atoms with van der Waals surface area (Å²) < 4.78 is 44.7. The third kappa shape index (κ3) is 5.01. The molecular weight excluding hydrogens is 351 g/mol. The zero-order valence-corrected chi connectivity index (χ0v) is 14.1. The molecule has 2 rings (SSSR count). The highest BCUT2D eigenvalue weighted by Gasteiger charge is 2.34. The number of amides is 3. The van der Waals surface area contributed by atoms with E-state index in [4.69, 9.17) is 4.42 Å². The molecule has 0 saturated carbocycles. The molecule has 1 aromatic heterocycles. The minimum atomic E-state index is -4.71. The normalized spacial score (nSPS) is 12.3. The Kier molecular flexibility index (Phi) is 5.91. The fraction of sp³-hybridized carbons (Fsp3) is 0.294. The molecule has 0 radical (unpaired) electrons. The fourth-order valence-electron chi connectivity index (χ4n) is 2.05. The first kappa shape index (κ1) is 19.4. The molecule has 0 aliphatic heterocycles. The summed E-state index contributed by atoms with van der Waals surface area (Å²) in [4.78, 5) is 23.7. The second-order valence-electron chi connectivity index (χ2n) is 5.63. The molecule has 9 heteroatoms. The lowest BCUT2D eigenvalue weighted by Gasteiger charge is -2.17. The molecule has 26 heavy (non-hydrogen) atoms. The number of anilines is 2. The first-order chi connectivity index (χ1) is 12.2. The zero-order chi connectivity index (χ0) is 19.3. The van der Waals surface area contributed by atoms with Gasteiger partial charge in [0.05, 0.1) is 23.1 Å². The van der Waals surface area contributed by atoms with Crippen molar-refractivity contribution in [2.45, 2.75) is 32.5 Å². The number of urea groups is 1. The highest BCUT2D eigenvalue weighted by Crippen LogP contribution is 2.36. The summed E-state index contributed by atoms with van der Waals surface area (Å²) in [6.07, 6.45) is -1.62. The average Bonchev–Trinajstić information content (AvgIpc) is 3.09. The molecular formula is C17H18F3N3O3. The molecule has 0 spiro atoms. The van der Waals surface area contributed by atoms with Gasteiger partial charge in [0.25, 0.3) is 5.91 Å². The van der Waals surface area contributed by atoms with Crippen molar-refractivity contribution in [1.29, 1.82) is 0 Å². The summed E-state index contributed by atoms with van der Waals surface area (Å²) in [5, 5.41) is 7.07. The average molecular weight is 369 g/mol. The van der Waals surface area contributed by atoms with Crippen molar-refractivity contribution in [3.8, 4) is 0 Å². The van der Waals surface area contributed by atoms with Gasteiger partial charge in [-0.3, -0.25) is 4.79 Å². The number of halogens is 3. The van der Waals surface area contributed by atoms with E-state index in [9.17, 15) is 22.8 Å². The zero-order valence-electron chi connectivity index (χ0n) is 14.1. The highest BCUT2D eigenvalue weighted by molar-refractivity contribution is 6.04. The topological polar surface area (TPSA) is 83.4 Å². The Morgan fingerprint density at radius 3 is 2.50 bits per heavy atom. The van der Waals surface area contributed by atoms with Crippen LogP contribution in [0.25, 0.3) is 0 Å². The van der Waals surface area contributed by atoms with Gasteiger partial charge in [-0.25, -0.2) is 4.79 Å². The van der Waals surface area contributed by atoms with Gasteiger partial charge in [-0.2, -0.15) is 13.2 Å². The van der Waals surface area contributed by atoms with Gasteiger partial charge < -0.3 is 20.4 Å². The molecule has 6 nitrogen and oxygen atoms in total. The molecule has 3 amide bonds. The maximum Gasteiger partial charge on any atom is 0.418 e. The molecule has 1 aromatic carbocycles. The lowest BCUT2D eigenvalue weighted by Crippen LogP contribution is -2.36. The predicted octanol–water partition coefficient (Wildman–Crippen LogP) is 4.47. The lowest BCUT2D eigenvalue weighted by molar-refractivity contribution is -0.136. The Bertz CT molecular complexity index is 773. The van der Waals surface area contributed by atoms with Crippen LogP contribution in [0.5, 0.6) is 0 Å². The number of hydrogen-bond acceptors (Lipinski definition) is 3. The fourth-order valence-corrected chi connectivity index (χ4v) is 2.05. The maximum absolute atomic E-state index is 13.3. The van der Waals surface area contributed by atoms with E-state index < -0.39 is 29.4 Å². The van der Waals surface area contributed by atoms with Crippen LogP contribution in [0.15, 0.2) is 41.2 Å². The molecule has 0 aliphatic rings. The predicted molar refractivity (Wildman–Crippen MR) is 90.0 cm³/mol. The van der Waals surface area contributed by atoms with E-state index >= 15 is 0 Å². The van der Waals surface area contributed by atoms with E-state index in [0.29, 0.717) is 6.42 Å². The molecule has 0 bridgehead atoms. The number of nitrogens with one attached hydrogen (secondary N) is 3. The smallest absolute Gasteiger partial charge is 0.418 e. The Hall–Kier alpha value is -2.97. The first-order valence-corrected chi connectivity index (χ1v) is 7.83. The number of rotatable bonds is 5. The minimum Gasteiger partial charge on any atom is -0.472 e. The van der Waals surface area contributed by atoms with E-state index in [1.165, 1.54) is 24.7 Å². The molecule has 3 N–H and O–H groups in total. The van der Waals surface area contributed by atoms with Crippen LogP contribution in [0.2, 0.25) is 0 Å². The molecule has 2 aromatic rings. The van der Waals surface area contributed by atoms with Gasteiger partial charge in [-0.05, 0) is 37.6 Å². The van der Waals surface area contributed by atoms with Gasteiger partial charge in [0, 0.05) is 11.7 Å². The van der Waals surface area contributed by atoms with Crippen molar-refractivity contribution in [3.05, 3.63) is 47.9 Å². The molecule has 0 unspecified atom stereocenters. The van der Waals surface area contributed by atoms with Crippen LogP contribution in [-0.2, 0) is 6.18 Å². The number of carbonyl (C=O) groups is 2. The van der Waals surface area contributed by atoms with Crippen molar-refractivity contribution in [3.63, 3.8) is 0 Å². The summed E-state index contributed by atoms with van der Waals surface area (Å²) >= 11 is 0. The van der Waals surface area contributed by atoms with E-state index in [1.54, 1.807) is 6.92 Å². The molecule has 1 heterocycles. The standard InChI is InChI=1S/C17H18F3N3O3/c1-3-10(2)21-16(25)23-14-5-4-12(8-13(14)17(18,19)20)22-15(24)11-6-7-26-9-11/h4-10H,3H2,1-2H3,(H,22,24)(H2,21,23,25)/t10-/m0/s1. The van der Waals surface area contributed by atoms with Gasteiger partial charge in [0.1, 0.15) is 6.26 Å². The Balaban J connectivity index is 2.22. The van der Waals surface area contributed by atoms with Gasteiger partial charge >= 0.3 is 12.2 Å². The summed E-state index contributed by atoms with van der Waals surface area (Å²) in [5.74, 6) is -0.609. The Labute approximate surface area is 147 Å². The molecule has 0 fully saturated rings. The number of alkyl halides is 3. The molecule has 1 atom stereocenters. The van der Waals surface area contributed by atoms with Crippen LogP contribution in [0.4, 0.5) is 29.3 Å². The molecule has 0 saturated heterocycles. The van der Waals surface area contributed by atoms with Crippen LogP contribution >= 0.6 is 0 Å². The van der Waals surface area contributed by atoms with Crippen molar-refractivity contribution in [1.82, 2.24) is 5.32 Å². The third-order valence-corrected chi connectivity index (χ3v) is 3.60. The quantitative estimate of drug-likeness (QED) is 0.727. The van der Waals surface area contributed by atoms with E-state index in [0.717, 1.165) is 12.1 Å². The summed E-state index contributed by atoms with van der Waals surface area (Å²) in [6, 6.07) is 3.58. The van der Waals surface area contributed by atoms with Gasteiger partial charge in [0.15, 0.2) is 0 Å². The molecule has 140 valence electrons. The monoisotopic (exact) mass is 369 g/mol. The number of carbonyl (C=O) groups excluding carboxylic acids is 2. The maximum atomic E-state index is 13.3. The van der Waals surface area contributed by atoms with Crippen molar-refractivity contribution in [2.24, 2.45) is 0 Å². The van der Waals surface area contributed by atoms with Crippen LogP contribution in [0.3, 0.4) is 0 Å². The first-order valence-electron chi connectivity index (χ1n) is 7.83. The Morgan fingerprint density at radius 1 is 1.19 bits per heavy atom. The van der Waals surface area contributed by atoms with Crippen LogP contribution < -0.4 is 16.0 Å².